The molecule has 7 heteroatoms. The number of oxazole rings is 1. The Bertz CT molecular complexity index is 1150. The first-order valence-electron chi connectivity index (χ1n) is 10.1. The highest BCUT2D eigenvalue weighted by molar-refractivity contribution is 7.98. The van der Waals surface area contributed by atoms with Crippen LogP contribution in [0.3, 0.4) is 0 Å². The van der Waals surface area contributed by atoms with E-state index < -0.39 is 5.97 Å². The third kappa shape index (κ3) is 5.06. The van der Waals surface area contributed by atoms with Crippen LogP contribution in [0.1, 0.15) is 40.1 Å². The summed E-state index contributed by atoms with van der Waals surface area (Å²) in [5, 5.41) is 0.774. The third-order valence-corrected chi connectivity index (χ3v) is 5.58. The monoisotopic (exact) mass is 433 g/mol. The summed E-state index contributed by atoms with van der Waals surface area (Å²) in [5.74, 6) is 0.802. The highest BCUT2D eigenvalue weighted by Gasteiger charge is 2.22. The quantitative estimate of drug-likeness (QED) is 0.295. The van der Waals surface area contributed by atoms with Crippen LogP contribution in [0, 0.1) is 6.92 Å². The lowest BCUT2D eigenvalue weighted by Crippen LogP contribution is -2.07. The molecule has 6 nitrogen and oxygen atoms in total. The van der Waals surface area contributed by atoms with Gasteiger partial charge in [0.15, 0.2) is 10.9 Å². The third-order valence-electron chi connectivity index (χ3n) is 4.71. The Morgan fingerprint density at radius 2 is 1.77 bits per heavy atom. The number of benzene rings is 2. The van der Waals surface area contributed by atoms with Crippen molar-refractivity contribution < 1.29 is 13.9 Å². The van der Waals surface area contributed by atoms with E-state index in [9.17, 15) is 4.79 Å². The molecular formula is C24H23N3O3S. The number of nitrogens with one attached hydrogen (secondary N) is 1. The van der Waals surface area contributed by atoms with Crippen LogP contribution in [0.5, 0.6) is 0 Å². The van der Waals surface area contributed by atoms with Crippen LogP contribution in [0.4, 0.5) is 0 Å². The molecule has 0 aliphatic heterocycles. The van der Waals surface area contributed by atoms with Gasteiger partial charge in [0.05, 0.1) is 18.1 Å². The summed E-state index contributed by atoms with van der Waals surface area (Å²) in [7, 11) is 0. The Kier molecular flexibility index (Phi) is 6.52. The van der Waals surface area contributed by atoms with Crippen molar-refractivity contribution in [3.05, 3.63) is 89.1 Å². The zero-order chi connectivity index (χ0) is 21.6. The zero-order valence-electron chi connectivity index (χ0n) is 17.4. The highest BCUT2D eigenvalue weighted by atomic mass is 32.2. The van der Waals surface area contributed by atoms with Gasteiger partial charge in [0.1, 0.15) is 5.76 Å². The van der Waals surface area contributed by atoms with Crippen LogP contribution in [0.15, 0.2) is 70.2 Å². The van der Waals surface area contributed by atoms with Crippen molar-refractivity contribution in [2.45, 2.75) is 31.2 Å². The molecule has 4 aromatic rings. The normalized spacial score (nSPS) is 10.9. The van der Waals surface area contributed by atoms with Gasteiger partial charge < -0.3 is 14.1 Å². The Labute approximate surface area is 185 Å². The number of carbonyl (C=O) groups excluding carboxylic acids is 1. The lowest BCUT2D eigenvalue weighted by Gasteiger charge is -2.00. The smallest absolute Gasteiger partial charge is 0.360 e. The SMILES string of the molecule is CCOC(=O)c1nc(-c2ccccc2)oc1CSc1nc(Cc2ccccc2)c(C)[nH]1. The maximum absolute atomic E-state index is 12.4. The predicted molar refractivity (Wildman–Crippen MR) is 120 cm³/mol. The maximum Gasteiger partial charge on any atom is 0.360 e. The molecule has 0 unspecified atom stereocenters. The zero-order valence-corrected chi connectivity index (χ0v) is 18.2. The van der Waals surface area contributed by atoms with Crippen molar-refractivity contribution in [1.82, 2.24) is 15.0 Å². The number of rotatable bonds is 8. The van der Waals surface area contributed by atoms with Gasteiger partial charge in [0.25, 0.3) is 0 Å². The minimum absolute atomic E-state index is 0.209. The van der Waals surface area contributed by atoms with Crippen LogP contribution in [0.25, 0.3) is 11.5 Å². The molecule has 0 aliphatic rings. The van der Waals surface area contributed by atoms with Gasteiger partial charge >= 0.3 is 5.97 Å². The molecule has 0 saturated carbocycles. The molecule has 4 rings (SSSR count). The van der Waals surface area contributed by atoms with Gasteiger partial charge in [0, 0.05) is 17.7 Å². The molecular weight excluding hydrogens is 410 g/mol. The van der Waals surface area contributed by atoms with Gasteiger partial charge in [0.2, 0.25) is 5.89 Å². The number of aromatic nitrogens is 3. The van der Waals surface area contributed by atoms with Gasteiger partial charge in [-0.2, -0.15) is 0 Å². The fourth-order valence-corrected chi connectivity index (χ4v) is 4.01. The molecule has 2 aromatic carbocycles. The summed E-state index contributed by atoms with van der Waals surface area (Å²) in [6.07, 6.45) is 0.762. The number of H-pyrrole nitrogens is 1. The first-order chi connectivity index (χ1) is 15.1. The van der Waals surface area contributed by atoms with E-state index in [0.717, 1.165) is 28.5 Å². The minimum atomic E-state index is -0.482. The number of carbonyl (C=O) groups is 1. The van der Waals surface area contributed by atoms with Crippen LogP contribution >= 0.6 is 11.8 Å². The Balaban J connectivity index is 1.53. The molecule has 0 aliphatic carbocycles. The van der Waals surface area contributed by atoms with Crippen molar-refractivity contribution in [2.24, 2.45) is 0 Å². The number of thioether (sulfide) groups is 1. The van der Waals surface area contributed by atoms with Gasteiger partial charge in [-0.25, -0.2) is 14.8 Å². The number of aromatic amines is 1. The van der Waals surface area contributed by atoms with Crippen LogP contribution in [-0.4, -0.2) is 27.5 Å². The first kappa shape index (κ1) is 20.9. The molecule has 2 aromatic heterocycles. The summed E-state index contributed by atoms with van der Waals surface area (Å²) >= 11 is 1.47. The number of ether oxygens (including phenoxy) is 1. The standard InChI is InChI=1S/C24H23N3O3S/c1-3-29-23(28)21-20(30-22(27-21)18-12-8-5-9-13-18)15-31-24-25-16(2)19(26-24)14-17-10-6-4-7-11-17/h4-13H,3,14-15H2,1-2H3,(H,25,26). The molecule has 0 amide bonds. The van der Waals surface area contributed by atoms with Crippen molar-refractivity contribution in [2.75, 3.05) is 6.61 Å². The average molecular weight is 434 g/mol. The highest BCUT2D eigenvalue weighted by Crippen LogP contribution is 2.28. The van der Waals surface area contributed by atoms with E-state index in [1.165, 1.54) is 17.3 Å². The minimum Gasteiger partial charge on any atom is -0.461 e. The van der Waals surface area contributed by atoms with E-state index in [0.29, 0.717) is 17.4 Å². The second-order valence-electron chi connectivity index (χ2n) is 6.94. The Morgan fingerprint density at radius 1 is 1.06 bits per heavy atom. The average Bonchev–Trinajstić information content (AvgIpc) is 3.37. The van der Waals surface area contributed by atoms with E-state index in [2.05, 4.69) is 22.1 Å². The summed E-state index contributed by atoms with van der Waals surface area (Å²) in [5.41, 5.74) is 4.26. The topological polar surface area (TPSA) is 81.0 Å². The van der Waals surface area contributed by atoms with Crippen molar-refractivity contribution >= 4 is 17.7 Å². The molecule has 0 saturated heterocycles. The van der Waals surface area contributed by atoms with Gasteiger partial charge in [-0.3, -0.25) is 0 Å². The molecule has 0 atom stereocenters. The molecule has 0 bridgehead atoms. The fourth-order valence-electron chi connectivity index (χ4n) is 3.14. The van der Waals surface area contributed by atoms with Crippen molar-refractivity contribution in [1.29, 1.82) is 0 Å². The van der Waals surface area contributed by atoms with Gasteiger partial charge in [-0.15, -0.1) is 0 Å². The second kappa shape index (κ2) is 9.66. The maximum atomic E-state index is 12.4. The molecule has 0 radical (unpaired) electrons. The van der Waals surface area contributed by atoms with E-state index in [1.807, 2.05) is 55.5 Å². The lowest BCUT2D eigenvalue weighted by atomic mass is 10.1. The summed E-state index contributed by atoms with van der Waals surface area (Å²) in [6, 6.07) is 19.7. The number of esters is 1. The number of hydrogen-bond donors (Lipinski definition) is 1. The van der Waals surface area contributed by atoms with E-state index in [4.69, 9.17) is 14.1 Å². The van der Waals surface area contributed by atoms with E-state index in [-0.39, 0.29) is 12.3 Å². The Hall–Kier alpha value is -3.32. The van der Waals surface area contributed by atoms with E-state index >= 15 is 0 Å². The number of imidazole rings is 1. The molecule has 2 heterocycles. The molecule has 1 N–H and O–H groups in total. The predicted octanol–water partition coefficient (Wildman–Crippen LogP) is 5.43. The first-order valence-corrected chi connectivity index (χ1v) is 11.1. The fraction of sp³-hybridized carbons (Fsp3) is 0.208. The number of nitrogens with zero attached hydrogens (tertiary/aromatic N) is 2. The second-order valence-corrected chi connectivity index (χ2v) is 7.91. The molecule has 0 fully saturated rings. The van der Waals surface area contributed by atoms with Gasteiger partial charge in [-0.1, -0.05) is 60.3 Å². The number of aryl methyl sites for hydroxylation is 1. The lowest BCUT2D eigenvalue weighted by molar-refractivity contribution is 0.0518. The van der Waals surface area contributed by atoms with Crippen molar-refractivity contribution in [3.8, 4) is 11.5 Å². The van der Waals surface area contributed by atoms with E-state index in [1.54, 1.807) is 6.92 Å². The van der Waals surface area contributed by atoms with Gasteiger partial charge in [-0.05, 0) is 31.5 Å². The number of hydrogen-bond acceptors (Lipinski definition) is 6. The summed E-state index contributed by atoms with van der Waals surface area (Å²) < 4.78 is 11.1. The largest absolute Gasteiger partial charge is 0.461 e. The summed E-state index contributed by atoms with van der Waals surface area (Å²) in [6.45, 7) is 4.06. The molecule has 31 heavy (non-hydrogen) atoms. The van der Waals surface area contributed by atoms with Crippen LogP contribution < -0.4 is 0 Å². The Morgan fingerprint density at radius 3 is 2.48 bits per heavy atom. The summed E-state index contributed by atoms with van der Waals surface area (Å²) in [4.78, 5) is 24.9. The molecule has 0 spiro atoms. The molecule has 158 valence electrons. The van der Waals surface area contributed by atoms with Crippen LogP contribution in [-0.2, 0) is 16.9 Å². The van der Waals surface area contributed by atoms with Crippen LogP contribution in [0.2, 0.25) is 0 Å². The van der Waals surface area contributed by atoms with Crippen molar-refractivity contribution in [3.63, 3.8) is 0 Å².